The van der Waals surface area contributed by atoms with Crippen molar-refractivity contribution in [1.29, 1.82) is 0 Å². The number of hydrogen-bond acceptors (Lipinski definition) is 2. The molecular formula is C12H20O2. The molecule has 0 heterocycles. The van der Waals surface area contributed by atoms with Gasteiger partial charge in [-0.1, -0.05) is 18.6 Å². The van der Waals surface area contributed by atoms with Gasteiger partial charge in [-0.05, 0) is 32.1 Å². The third-order valence-electron chi connectivity index (χ3n) is 3.91. The van der Waals surface area contributed by atoms with E-state index in [2.05, 4.69) is 6.58 Å². The van der Waals surface area contributed by atoms with Gasteiger partial charge in [0.2, 0.25) is 0 Å². The molecule has 0 amide bonds. The van der Waals surface area contributed by atoms with Crippen LogP contribution < -0.4 is 0 Å². The predicted molar refractivity (Wildman–Crippen MR) is 56.1 cm³/mol. The average Bonchev–Trinajstić information content (AvgIpc) is 2.44. The van der Waals surface area contributed by atoms with Gasteiger partial charge in [0.15, 0.2) is 0 Å². The molecular weight excluding hydrogens is 176 g/mol. The van der Waals surface area contributed by atoms with Crippen molar-refractivity contribution in [2.45, 2.75) is 50.2 Å². The van der Waals surface area contributed by atoms with Crippen LogP contribution >= 0.6 is 0 Å². The van der Waals surface area contributed by atoms with Crippen LogP contribution in [0.2, 0.25) is 0 Å². The van der Waals surface area contributed by atoms with Crippen LogP contribution in [0.5, 0.6) is 0 Å². The molecule has 2 aliphatic rings. The van der Waals surface area contributed by atoms with Crippen molar-refractivity contribution in [2.24, 2.45) is 5.92 Å². The van der Waals surface area contributed by atoms with Gasteiger partial charge in [-0.25, -0.2) is 0 Å². The summed E-state index contributed by atoms with van der Waals surface area (Å²) in [6, 6.07) is 0. The van der Waals surface area contributed by atoms with Gasteiger partial charge in [-0.3, -0.25) is 0 Å². The summed E-state index contributed by atoms with van der Waals surface area (Å²) in [4.78, 5) is 0. The quantitative estimate of drug-likeness (QED) is 0.652. The Hall–Kier alpha value is -0.340. The number of aliphatic hydroxyl groups is 1. The summed E-state index contributed by atoms with van der Waals surface area (Å²) in [5.41, 5.74) is 0.688. The molecule has 0 aromatic heterocycles. The summed E-state index contributed by atoms with van der Waals surface area (Å²) < 4.78 is 5.50. The molecule has 2 aliphatic carbocycles. The second-order valence-corrected chi connectivity index (χ2v) is 4.84. The van der Waals surface area contributed by atoms with Crippen LogP contribution in [0.15, 0.2) is 12.2 Å². The molecule has 0 aromatic carbocycles. The molecule has 14 heavy (non-hydrogen) atoms. The van der Waals surface area contributed by atoms with E-state index >= 15 is 0 Å². The Labute approximate surface area is 86.0 Å². The van der Waals surface area contributed by atoms with Crippen molar-refractivity contribution in [1.82, 2.24) is 0 Å². The van der Waals surface area contributed by atoms with Crippen molar-refractivity contribution in [3.63, 3.8) is 0 Å². The molecule has 1 unspecified atom stereocenters. The van der Waals surface area contributed by atoms with Gasteiger partial charge in [0.25, 0.3) is 0 Å². The average molecular weight is 196 g/mol. The lowest BCUT2D eigenvalue weighted by Gasteiger charge is -2.32. The first-order valence-electron chi connectivity index (χ1n) is 5.57. The van der Waals surface area contributed by atoms with E-state index in [1.807, 2.05) is 0 Å². The molecule has 3 atom stereocenters. The topological polar surface area (TPSA) is 29.5 Å². The Morgan fingerprint density at radius 2 is 2.29 bits per heavy atom. The van der Waals surface area contributed by atoms with Crippen molar-refractivity contribution in [3.05, 3.63) is 12.2 Å². The van der Waals surface area contributed by atoms with E-state index in [4.69, 9.17) is 4.74 Å². The second-order valence-electron chi connectivity index (χ2n) is 4.84. The van der Waals surface area contributed by atoms with Crippen LogP contribution in [0, 0.1) is 5.92 Å². The maximum Gasteiger partial charge on any atom is 0.0737 e. The molecule has 2 fully saturated rings. The fourth-order valence-corrected chi connectivity index (χ4v) is 3.18. The summed E-state index contributed by atoms with van der Waals surface area (Å²) in [7, 11) is 1.76. The highest BCUT2D eigenvalue weighted by molar-refractivity contribution is 5.10. The van der Waals surface area contributed by atoms with Gasteiger partial charge in [0, 0.05) is 13.0 Å². The van der Waals surface area contributed by atoms with Crippen LogP contribution in [0.4, 0.5) is 0 Å². The molecule has 80 valence electrons. The highest BCUT2D eigenvalue weighted by Gasteiger charge is 2.46. The van der Waals surface area contributed by atoms with Crippen LogP contribution in [0.25, 0.3) is 0 Å². The van der Waals surface area contributed by atoms with E-state index < -0.39 is 5.60 Å². The maximum atomic E-state index is 10.5. The lowest BCUT2D eigenvalue weighted by Crippen LogP contribution is -2.39. The van der Waals surface area contributed by atoms with Crippen molar-refractivity contribution >= 4 is 0 Å². The minimum absolute atomic E-state index is 0.238. The zero-order chi connectivity index (χ0) is 10.2. The maximum absolute atomic E-state index is 10.5. The Bertz CT molecular complexity index is 236. The first kappa shape index (κ1) is 10.2. The molecule has 2 rings (SSSR count). The summed E-state index contributed by atoms with van der Waals surface area (Å²) in [5, 5.41) is 10.5. The number of rotatable bonds is 1. The molecule has 2 saturated carbocycles. The number of hydrogen-bond donors (Lipinski definition) is 1. The highest BCUT2D eigenvalue weighted by Crippen LogP contribution is 2.46. The van der Waals surface area contributed by atoms with Crippen LogP contribution in [-0.2, 0) is 4.74 Å². The normalized spacial score (nSPS) is 43.4. The molecule has 0 saturated heterocycles. The van der Waals surface area contributed by atoms with Gasteiger partial charge in [-0.2, -0.15) is 0 Å². The first-order valence-corrected chi connectivity index (χ1v) is 5.57. The van der Waals surface area contributed by atoms with Gasteiger partial charge >= 0.3 is 0 Å². The number of methoxy groups -OCH3 is 1. The van der Waals surface area contributed by atoms with E-state index in [1.54, 1.807) is 7.11 Å². The van der Waals surface area contributed by atoms with Gasteiger partial charge in [0.05, 0.1) is 11.7 Å². The fraction of sp³-hybridized carbons (Fsp3) is 0.833. The molecule has 2 heteroatoms. The molecule has 2 nitrogen and oxygen atoms in total. The van der Waals surface area contributed by atoms with E-state index in [1.165, 1.54) is 5.57 Å². The van der Waals surface area contributed by atoms with Gasteiger partial charge < -0.3 is 9.84 Å². The highest BCUT2D eigenvalue weighted by atomic mass is 16.5. The minimum atomic E-state index is -0.506. The zero-order valence-electron chi connectivity index (χ0n) is 8.96. The van der Waals surface area contributed by atoms with Gasteiger partial charge in [-0.15, -0.1) is 0 Å². The summed E-state index contributed by atoms with van der Waals surface area (Å²) in [6.45, 7) is 4.03. The van der Waals surface area contributed by atoms with Crippen molar-refractivity contribution < 1.29 is 9.84 Å². The van der Waals surface area contributed by atoms with Gasteiger partial charge in [0.1, 0.15) is 0 Å². The summed E-state index contributed by atoms with van der Waals surface area (Å²) in [6.07, 6.45) is 6.24. The zero-order valence-corrected chi connectivity index (χ0v) is 8.96. The number of fused-ring (bicyclic) bond motifs is 1. The minimum Gasteiger partial charge on any atom is -0.389 e. The summed E-state index contributed by atoms with van der Waals surface area (Å²) in [5.74, 6) is 0.340. The molecule has 0 spiro atoms. The smallest absolute Gasteiger partial charge is 0.0737 e. The first-order chi connectivity index (χ1) is 6.65. The van der Waals surface area contributed by atoms with E-state index in [0.717, 1.165) is 38.5 Å². The molecule has 0 radical (unpaired) electrons. The third-order valence-corrected chi connectivity index (χ3v) is 3.91. The van der Waals surface area contributed by atoms with Crippen LogP contribution in [-0.4, -0.2) is 23.9 Å². The van der Waals surface area contributed by atoms with E-state index in [9.17, 15) is 5.11 Å². The fourth-order valence-electron chi connectivity index (χ4n) is 3.18. The van der Waals surface area contributed by atoms with E-state index in [0.29, 0.717) is 5.92 Å². The SMILES string of the molecule is C=C1CC[C@@H](OC)[C@@H]2CCCC2(O)C1. The summed E-state index contributed by atoms with van der Waals surface area (Å²) >= 11 is 0. The van der Waals surface area contributed by atoms with Crippen LogP contribution in [0.1, 0.15) is 38.5 Å². The Kier molecular flexibility index (Phi) is 2.67. The second kappa shape index (κ2) is 3.67. The molecule has 0 bridgehead atoms. The third kappa shape index (κ3) is 1.61. The predicted octanol–water partition coefficient (Wildman–Crippen LogP) is 2.27. The number of ether oxygens (including phenoxy) is 1. The molecule has 0 aliphatic heterocycles. The molecule has 0 aromatic rings. The molecule has 1 N–H and O–H groups in total. The monoisotopic (exact) mass is 196 g/mol. The van der Waals surface area contributed by atoms with Crippen molar-refractivity contribution in [2.75, 3.05) is 7.11 Å². The Morgan fingerprint density at radius 3 is 3.00 bits per heavy atom. The van der Waals surface area contributed by atoms with Crippen molar-refractivity contribution in [3.8, 4) is 0 Å². The Morgan fingerprint density at radius 1 is 1.50 bits per heavy atom. The Balaban J connectivity index is 2.22. The lowest BCUT2D eigenvalue weighted by molar-refractivity contribution is -0.0599. The van der Waals surface area contributed by atoms with E-state index in [-0.39, 0.29) is 6.10 Å². The van der Waals surface area contributed by atoms with Crippen LogP contribution in [0.3, 0.4) is 0 Å². The standard InChI is InChI=1S/C12H20O2/c1-9-5-6-11(14-2)10-4-3-7-12(10,13)8-9/h10-11,13H,1,3-8H2,2H3/t10-,11+,12?/m0/s1. The lowest BCUT2D eigenvalue weighted by atomic mass is 9.84. The largest absolute Gasteiger partial charge is 0.389 e.